The van der Waals surface area contributed by atoms with Crippen LogP contribution in [0.4, 0.5) is 0 Å². The number of hydrogen-bond donors (Lipinski definition) is 0. The second-order valence-corrected chi connectivity index (χ2v) is 8.95. The molecule has 4 rings (SSSR count). The minimum absolute atomic E-state index is 0.0680. The summed E-state index contributed by atoms with van der Waals surface area (Å²) in [7, 11) is 0. The zero-order valence-electron chi connectivity index (χ0n) is 19.0. The van der Waals surface area contributed by atoms with E-state index in [9.17, 15) is 9.59 Å². The van der Waals surface area contributed by atoms with Gasteiger partial charge in [-0.2, -0.15) is 0 Å². The number of rotatable bonds is 6. The third-order valence-corrected chi connectivity index (χ3v) is 6.42. The summed E-state index contributed by atoms with van der Waals surface area (Å²) >= 11 is 0. The molecule has 0 saturated carbocycles. The lowest BCUT2D eigenvalue weighted by Crippen LogP contribution is -2.35. The fourth-order valence-corrected chi connectivity index (χ4v) is 4.38. The number of Topliss-reactive ketones (excluding diaryl/α,β-unsaturated/α-hetero) is 1. The van der Waals surface area contributed by atoms with Crippen LogP contribution in [-0.2, 0) is 6.42 Å². The molecule has 1 atom stereocenters. The highest BCUT2D eigenvalue weighted by Gasteiger charge is 2.24. The molecule has 1 aliphatic heterocycles. The van der Waals surface area contributed by atoms with Crippen molar-refractivity contribution in [2.75, 3.05) is 13.1 Å². The van der Waals surface area contributed by atoms with Crippen LogP contribution in [0.15, 0.2) is 72.8 Å². The van der Waals surface area contributed by atoms with E-state index in [1.54, 1.807) is 0 Å². The minimum atomic E-state index is -0.262. The highest BCUT2D eigenvalue weighted by atomic mass is 16.2. The predicted molar refractivity (Wildman–Crippen MR) is 129 cm³/mol. The van der Waals surface area contributed by atoms with Gasteiger partial charge in [0.1, 0.15) is 0 Å². The van der Waals surface area contributed by atoms with Gasteiger partial charge in [-0.1, -0.05) is 71.8 Å². The number of carbonyl (C=O) groups excluding carboxylic acids is 2. The molecule has 3 heteroatoms. The summed E-state index contributed by atoms with van der Waals surface area (Å²) in [4.78, 5) is 28.3. The second-order valence-electron chi connectivity index (χ2n) is 8.95. The molecule has 3 aromatic rings. The molecule has 164 valence electrons. The summed E-state index contributed by atoms with van der Waals surface area (Å²) in [5.74, 6) is -0.105. The number of nitrogens with zero attached hydrogens (tertiary/aromatic N) is 1. The van der Waals surface area contributed by atoms with Crippen molar-refractivity contribution in [2.45, 2.75) is 45.4 Å². The molecule has 32 heavy (non-hydrogen) atoms. The fraction of sp³-hybridized carbons (Fsp3) is 0.310. The molecule has 3 nitrogen and oxygen atoms in total. The van der Waals surface area contributed by atoms with Crippen LogP contribution < -0.4 is 0 Å². The van der Waals surface area contributed by atoms with E-state index in [2.05, 4.69) is 62.4 Å². The number of piperidine rings is 1. The number of ketones is 1. The number of aryl methyl sites for hydroxylation is 2. The van der Waals surface area contributed by atoms with Gasteiger partial charge in [0.25, 0.3) is 5.91 Å². The van der Waals surface area contributed by atoms with Crippen LogP contribution in [0.25, 0.3) is 0 Å². The Morgan fingerprint density at radius 1 is 0.719 bits per heavy atom. The fourth-order valence-electron chi connectivity index (χ4n) is 4.38. The molecule has 3 aromatic carbocycles. The van der Waals surface area contributed by atoms with Gasteiger partial charge in [0.2, 0.25) is 0 Å². The first-order valence-corrected chi connectivity index (χ1v) is 11.6. The Morgan fingerprint density at radius 3 is 1.84 bits per heavy atom. The molecule has 1 aliphatic rings. The van der Waals surface area contributed by atoms with Crippen LogP contribution in [0, 0.1) is 13.8 Å². The molecular weight excluding hydrogens is 394 g/mol. The lowest BCUT2D eigenvalue weighted by Gasteiger charge is -2.26. The largest absolute Gasteiger partial charge is 0.339 e. The van der Waals surface area contributed by atoms with E-state index in [1.807, 2.05) is 29.2 Å². The Hall–Kier alpha value is -3.20. The normalized spacial score (nSPS) is 14.8. The van der Waals surface area contributed by atoms with Crippen molar-refractivity contribution in [3.05, 3.63) is 106 Å². The summed E-state index contributed by atoms with van der Waals surface area (Å²) in [6, 6.07) is 23.9. The van der Waals surface area contributed by atoms with Gasteiger partial charge in [-0.05, 0) is 62.8 Å². The van der Waals surface area contributed by atoms with E-state index in [-0.39, 0.29) is 17.6 Å². The highest BCUT2D eigenvalue weighted by molar-refractivity contribution is 6.02. The van der Waals surface area contributed by atoms with E-state index in [0.29, 0.717) is 17.5 Å². The topological polar surface area (TPSA) is 37.4 Å². The summed E-state index contributed by atoms with van der Waals surface area (Å²) in [5.41, 5.74) is 5.87. The smallest absolute Gasteiger partial charge is 0.253 e. The number of carbonyl (C=O) groups is 2. The van der Waals surface area contributed by atoms with Gasteiger partial charge >= 0.3 is 0 Å². The molecule has 0 bridgehead atoms. The van der Waals surface area contributed by atoms with Crippen LogP contribution >= 0.6 is 0 Å². The van der Waals surface area contributed by atoms with Crippen LogP contribution in [0.3, 0.4) is 0 Å². The van der Waals surface area contributed by atoms with Crippen molar-refractivity contribution < 1.29 is 9.59 Å². The molecule has 1 fully saturated rings. The Bertz CT molecular complexity index is 1060. The molecule has 1 unspecified atom stereocenters. The minimum Gasteiger partial charge on any atom is -0.339 e. The Morgan fingerprint density at radius 2 is 1.25 bits per heavy atom. The summed E-state index contributed by atoms with van der Waals surface area (Å²) in [6.07, 6.45) is 3.98. The van der Waals surface area contributed by atoms with E-state index in [1.165, 1.54) is 17.5 Å². The first-order valence-electron chi connectivity index (χ1n) is 11.6. The van der Waals surface area contributed by atoms with Gasteiger partial charge in [0.15, 0.2) is 5.78 Å². The first-order chi connectivity index (χ1) is 15.5. The van der Waals surface area contributed by atoms with Gasteiger partial charge in [-0.15, -0.1) is 0 Å². The molecule has 0 N–H and O–H groups in total. The molecule has 0 aromatic heterocycles. The zero-order valence-corrected chi connectivity index (χ0v) is 19.0. The summed E-state index contributed by atoms with van der Waals surface area (Å²) < 4.78 is 0. The maximum absolute atomic E-state index is 13.6. The average Bonchev–Trinajstić information content (AvgIpc) is 2.84. The summed E-state index contributed by atoms with van der Waals surface area (Å²) in [5, 5.41) is 0. The zero-order chi connectivity index (χ0) is 22.5. The Labute approximate surface area is 191 Å². The van der Waals surface area contributed by atoms with Gasteiger partial charge in [-0.3, -0.25) is 9.59 Å². The SMILES string of the molecule is Cc1ccc(CC(C(=O)c2ccc(C(=O)N3CCCCC3)cc2)c2ccc(C)cc2)cc1. The van der Waals surface area contributed by atoms with Crippen molar-refractivity contribution >= 4 is 11.7 Å². The van der Waals surface area contributed by atoms with E-state index >= 15 is 0 Å². The molecule has 1 saturated heterocycles. The molecule has 1 heterocycles. The van der Waals surface area contributed by atoms with Gasteiger partial charge in [-0.25, -0.2) is 0 Å². The molecular formula is C29H31NO2. The average molecular weight is 426 g/mol. The lowest BCUT2D eigenvalue weighted by atomic mass is 9.85. The maximum atomic E-state index is 13.6. The van der Waals surface area contributed by atoms with Crippen LogP contribution in [0.5, 0.6) is 0 Å². The Balaban J connectivity index is 1.57. The van der Waals surface area contributed by atoms with Crippen molar-refractivity contribution in [3.8, 4) is 0 Å². The second kappa shape index (κ2) is 9.95. The van der Waals surface area contributed by atoms with E-state index < -0.39 is 0 Å². The van der Waals surface area contributed by atoms with Crippen LogP contribution in [-0.4, -0.2) is 29.7 Å². The highest BCUT2D eigenvalue weighted by Crippen LogP contribution is 2.27. The Kier molecular flexibility index (Phi) is 6.84. The molecule has 0 radical (unpaired) electrons. The van der Waals surface area contributed by atoms with Crippen molar-refractivity contribution in [1.29, 1.82) is 0 Å². The standard InChI is InChI=1S/C29H31NO2/c1-21-6-10-23(11-7-21)20-27(24-12-8-22(2)9-13-24)28(31)25-14-16-26(17-15-25)29(32)30-18-4-3-5-19-30/h6-17,27H,3-5,18-20H2,1-2H3. The molecule has 0 spiro atoms. The van der Waals surface area contributed by atoms with E-state index in [4.69, 9.17) is 0 Å². The third kappa shape index (κ3) is 5.16. The molecule has 1 amide bonds. The first kappa shape index (κ1) is 22.0. The number of likely N-dealkylation sites (tertiary alicyclic amines) is 1. The quantitative estimate of drug-likeness (QED) is 0.445. The van der Waals surface area contributed by atoms with Gasteiger partial charge in [0, 0.05) is 24.2 Å². The van der Waals surface area contributed by atoms with Crippen LogP contribution in [0.2, 0.25) is 0 Å². The monoisotopic (exact) mass is 425 g/mol. The predicted octanol–water partition coefficient (Wildman–Crippen LogP) is 6.14. The van der Waals surface area contributed by atoms with Gasteiger partial charge < -0.3 is 4.90 Å². The number of amides is 1. The molecule has 0 aliphatic carbocycles. The number of benzene rings is 3. The van der Waals surface area contributed by atoms with Crippen molar-refractivity contribution in [3.63, 3.8) is 0 Å². The maximum Gasteiger partial charge on any atom is 0.253 e. The third-order valence-electron chi connectivity index (χ3n) is 6.42. The van der Waals surface area contributed by atoms with Crippen molar-refractivity contribution in [1.82, 2.24) is 4.90 Å². The van der Waals surface area contributed by atoms with Crippen LogP contribution in [0.1, 0.15) is 68.2 Å². The lowest BCUT2D eigenvalue weighted by molar-refractivity contribution is 0.0724. The number of hydrogen-bond acceptors (Lipinski definition) is 2. The van der Waals surface area contributed by atoms with E-state index in [0.717, 1.165) is 37.1 Å². The van der Waals surface area contributed by atoms with Gasteiger partial charge in [0.05, 0.1) is 5.92 Å². The summed E-state index contributed by atoms with van der Waals surface area (Å²) in [6.45, 7) is 5.77. The van der Waals surface area contributed by atoms with Crippen molar-refractivity contribution in [2.24, 2.45) is 0 Å².